The zero-order valence-corrected chi connectivity index (χ0v) is 18.7. The summed E-state index contributed by atoms with van der Waals surface area (Å²) >= 11 is 0. The first-order valence-electron chi connectivity index (χ1n) is 10.3. The Morgan fingerprint density at radius 1 is 1.19 bits per heavy atom. The number of esters is 1. The lowest BCUT2D eigenvalue weighted by atomic mass is 9.94. The Morgan fingerprint density at radius 3 is 2.69 bits per heavy atom. The molecule has 0 bridgehead atoms. The lowest BCUT2D eigenvalue weighted by Gasteiger charge is -2.29. The summed E-state index contributed by atoms with van der Waals surface area (Å²) in [5, 5.41) is 0. The zero-order valence-electron chi connectivity index (χ0n) is 18.7. The number of carbonyl (C=O) groups is 1. The summed E-state index contributed by atoms with van der Waals surface area (Å²) in [5.41, 5.74) is 12.6. The Kier molecular flexibility index (Phi) is 6.05. The summed E-state index contributed by atoms with van der Waals surface area (Å²) in [5.74, 6) is 0.581. The van der Waals surface area contributed by atoms with Crippen LogP contribution in [-0.2, 0) is 4.74 Å². The number of hydrogen-bond acceptors (Lipinski definition) is 5. The second kappa shape index (κ2) is 8.92. The highest BCUT2D eigenvalue weighted by Gasteiger charge is 2.25. The van der Waals surface area contributed by atoms with Crippen molar-refractivity contribution in [1.82, 2.24) is 4.48 Å². The first-order chi connectivity index (χ1) is 15.5. The van der Waals surface area contributed by atoms with E-state index >= 15 is 0 Å². The Bertz CT molecular complexity index is 1200. The molecule has 164 valence electrons. The van der Waals surface area contributed by atoms with Crippen LogP contribution in [0.1, 0.15) is 39.3 Å². The van der Waals surface area contributed by atoms with Gasteiger partial charge in [0, 0.05) is 40.7 Å². The molecule has 0 aliphatic carbocycles. The molecule has 2 N–H and O–H groups in total. The fourth-order valence-corrected chi connectivity index (χ4v) is 4.21. The molecule has 32 heavy (non-hydrogen) atoms. The topological polar surface area (TPSA) is 78.7 Å². The van der Waals surface area contributed by atoms with E-state index in [1.54, 1.807) is 26.4 Å². The maximum absolute atomic E-state index is 12.4. The number of fused-ring (bicyclic) bond motifs is 2. The van der Waals surface area contributed by atoms with Gasteiger partial charge in [0.15, 0.2) is 5.70 Å². The summed E-state index contributed by atoms with van der Waals surface area (Å²) in [6.45, 7) is 2.67. The molecule has 0 unspecified atom stereocenters. The van der Waals surface area contributed by atoms with Crippen LogP contribution < -0.4 is 15.2 Å². The van der Waals surface area contributed by atoms with Gasteiger partial charge >= 0.3 is 5.97 Å². The summed E-state index contributed by atoms with van der Waals surface area (Å²) in [6, 6.07) is 5.52. The Balaban J connectivity index is 1.82. The molecule has 3 heterocycles. The predicted octanol–water partition coefficient (Wildman–Crippen LogP) is 2.88. The minimum atomic E-state index is -0.461. The maximum atomic E-state index is 12.4. The highest BCUT2D eigenvalue weighted by atomic mass is 16.5. The molecule has 2 aromatic rings. The van der Waals surface area contributed by atoms with E-state index in [4.69, 9.17) is 19.9 Å². The number of methoxy groups -OCH3 is 3. The van der Waals surface area contributed by atoms with Crippen molar-refractivity contribution in [2.24, 2.45) is 5.73 Å². The van der Waals surface area contributed by atoms with Crippen LogP contribution in [0, 0.1) is 6.92 Å². The second-order valence-electron chi connectivity index (χ2n) is 7.52. The lowest BCUT2D eigenvalue weighted by molar-refractivity contribution is -0.307. The SMILES string of the molecule is COC(=O)c1cc(OC)cc(OC)c1/C=C/c1cc(C)c2n1[B-][N+]1=CC=CC1=C2CCN. The smallest absolute Gasteiger partial charge is 0.338 e. The van der Waals surface area contributed by atoms with Gasteiger partial charge in [-0.15, -0.1) is 0 Å². The van der Waals surface area contributed by atoms with E-state index in [1.807, 2.05) is 24.4 Å². The highest BCUT2D eigenvalue weighted by Crippen LogP contribution is 2.35. The number of rotatable bonds is 7. The number of aryl methyl sites for hydroxylation is 1. The molecule has 1 aromatic heterocycles. The molecule has 0 saturated heterocycles. The second-order valence-corrected chi connectivity index (χ2v) is 7.52. The van der Waals surface area contributed by atoms with Crippen LogP contribution in [0.15, 0.2) is 36.0 Å². The third-order valence-corrected chi connectivity index (χ3v) is 5.66. The van der Waals surface area contributed by atoms with E-state index in [0.717, 1.165) is 29.1 Å². The van der Waals surface area contributed by atoms with E-state index < -0.39 is 5.97 Å². The number of aromatic nitrogens is 1. The molecule has 2 radical (unpaired) electrons. The highest BCUT2D eigenvalue weighted by molar-refractivity contribution is 6.28. The van der Waals surface area contributed by atoms with Crippen molar-refractivity contribution in [3.8, 4) is 11.5 Å². The molecule has 0 spiro atoms. The molecule has 7 nitrogen and oxygen atoms in total. The molecule has 0 saturated carbocycles. The molecule has 4 rings (SSSR count). The first kappa shape index (κ1) is 21.7. The van der Waals surface area contributed by atoms with Crippen molar-refractivity contribution >= 4 is 37.5 Å². The van der Waals surface area contributed by atoms with Gasteiger partial charge in [0.2, 0.25) is 7.55 Å². The summed E-state index contributed by atoms with van der Waals surface area (Å²) < 4.78 is 20.1. The molecule has 0 atom stereocenters. The predicted molar refractivity (Wildman–Crippen MR) is 126 cm³/mol. The number of nitrogens with zero attached hydrogens (tertiary/aromatic N) is 2. The van der Waals surface area contributed by atoms with Crippen molar-refractivity contribution < 1.29 is 23.5 Å². The Morgan fingerprint density at radius 2 is 2.00 bits per heavy atom. The van der Waals surface area contributed by atoms with Crippen LogP contribution in [0.4, 0.5) is 0 Å². The summed E-state index contributed by atoms with van der Waals surface area (Å²) in [4.78, 5) is 12.4. The Labute approximate surface area is 188 Å². The molecular formula is C24H26BN3O4. The van der Waals surface area contributed by atoms with Crippen molar-refractivity contribution in [3.05, 3.63) is 64.1 Å². The van der Waals surface area contributed by atoms with Gasteiger partial charge in [0.25, 0.3) is 0 Å². The summed E-state index contributed by atoms with van der Waals surface area (Å²) in [7, 11) is 6.52. The monoisotopic (exact) mass is 431 g/mol. The number of carbonyl (C=O) groups excluding carboxylic acids is 1. The number of allylic oxidation sites excluding steroid dienone is 2. The maximum Gasteiger partial charge on any atom is 0.338 e. The van der Waals surface area contributed by atoms with E-state index in [9.17, 15) is 4.79 Å². The average Bonchev–Trinajstić information content (AvgIpc) is 3.41. The van der Waals surface area contributed by atoms with Gasteiger partial charge in [-0.2, -0.15) is 0 Å². The quantitative estimate of drug-likeness (QED) is 0.539. The number of ether oxygens (including phenoxy) is 3. The van der Waals surface area contributed by atoms with Crippen LogP contribution in [-0.4, -0.2) is 56.6 Å². The number of hydrogen-bond donors (Lipinski definition) is 1. The average molecular weight is 431 g/mol. The van der Waals surface area contributed by atoms with Crippen LogP contribution in [0.3, 0.4) is 0 Å². The van der Waals surface area contributed by atoms with Crippen molar-refractivity contribution in [3.63, 3.8) is 0 Å². The Hall–Kier alpha value is -3.52. The molecule has 2 aliphatic heterocycles. The molecular weight excluding hydrogens is 405 g/mol. The van der Waals surface area contributed by atoms with E-state index in [0.29, 0.717) is 29.2 Å². The molecule has 8 heteroatoms. The largest absolute Gasteiger partial charge is 0.501 e. The van der Waals surface area contributed by atoms with E-state index in [-0.39, 0.29) is 0 Å². The van der Waals surface area contributed by atoms with Gasteiger partial charge in [0.05, 0.1) is 26.9 Å². The minimum Gasteiger partial charge on any atom is -0.501 e. The molecule has 1 aromatic carbocycles. The minimum absolute atomic E-state index is 0.370. The van der Waals surface area contributed by atoms with E-state index in [2.05, 4.69) is 35.6 Å². The van der Waals surface area contributed by atoms with Gasteiger partial charge in [-0.3, -0.25) is 0 Å². The lowest BCUT2D eigenvalue weighted by Crippen LogP contribution is -2.30. The third-order valence-electron chi connectivity index (χ3n) is 5.66. The standard InChI is InChI=1S/C24H26BN3O4/c1-15-12-16(28-23(15)19(9-10-26)21-6-5-11-27(21)25-28)7-8-18-20(24(29)32-4)13-17(30-2)14-22(18)31-3/h5-8,11-14H,9-10,26H2,1-4H3/b8-7+. The fraction of sp³-hybridized carbons (Fsp3) is 0.250. The van der Waals surface area contributed by atoms with Crippen molar-refractivity contribution in [1.29, 1.82) is 0 Å². The first-order valence-corrected chi connectivity index (χ1v) is 10.3. The zero-order chi connectivity index (χ0) is 22.8. The van der Waals surface area contributed by atoms with Crippen LogP contribution in [0.5, 0.6) is 11.5 Å². The van der Waals surface area contributed by atoms with Gasteiger partial charge < -0.3 is 28.9 Å². The van der Waals surface area contributed by atoms with Crippen LogP contribution in [0.2, 0.25) is 0 Å². The van der Waals surface area contributed by atoms with Gasteiger partial charge in [-0.1, -0.05) is 0 Å². The number of nitrogens with two attached hydrogens (primary N) is 1. The van der Waals surface area contributed by atoms with Crippen molar-refractivity contribution in [2.45, 2.75) is 13.3 Å². The normalized spacial score (nSPS) is 14.5. The fourth-order valence-electron chi connectivity index (χ4n) is 4.21. The van der Waals surface area contributed by atoms with Crippen molar-refractivity contribution in [2.75, 3.05) is 27.9 Å². The van der Waals surface area contributed by atoms with Crippen LogP contribution in [0.25, 0.3) is 17.7 Å². The van der Waals surface area contributed by atoms with Gasteiger partial charge in [0.1, 0.15) is 17.7 Å². The van der Waals surface area contributed by atoms with E-state index in [1.165, 1.54) is 12.7 Å². The molecule has 0 fully saturated rings. The summed E-state index contributed by atoms with van der Waals surface area (Å²) in [6.07, 6.45) is 10.8. The number of benzene rings is 1. The third kappa shape index (κ3) is 3.67. The molecule has 2 aliphatic rings. The van der Waals surface area contributed by atoms with Gasteiger partial charge in [-0.05, 0) is 49.7 Å². The molecule has 0 amide bonds. The van der Waals surface area contributed by atoms with Gasteiger partial charge in [-0.25, -0.2) is 4.79 Å². The van der Waals surface area contributed by atoms with Crippen LogP contribution >= 0.6 is 0 Å².